The number of carbonyl (C=O) groups excluding carboxylic acids is 1. The van der Waals surface area contributed by atoms with Crippen molar-refractivity contribution >= 4 is 17.7 Å². The minimum absolute atomic E-state index is 0.0766. The number of amides is 2. The zero-order valence-corrected chi connectivity index (χ0v) is 14.7. The molecular formula is C20H17FN4O3. The molecule has 4 rings (SSSR count). The Morgan fingerprint density at radius 2 is 2.04 bits per heavy atom. The number of halogens is 1. The Balaban J connectivity index is 1.66. The summed E-state index contributed by atoms with van der Waals surface area (Å²) in [7, 11) is 0. The summed E-state index contributed by atoms with van der Waals surface area (Å²) in [6.45, 7) is 0.404. The number of carbonyl (C=O) groups is 2. The van der Waals surface area contributed by atoms with Gasteiger partial charge in [-0.1, -0.05) is 18.2 Å². The number of nitrogens with one attached hydrogen (secondary N) is 2. The Morgan fingerprint density at radius 1 is 1.21 bits per heavy atom. The lowest BCUT2D eigenvalue weighted by molar-refractivity contribution is 0.0697. The third kappa shape index (κ3) is 3.32. The number of aromatic amines is 1. The Bertz CT molecular complexity index is 1050. The maximum absolute atomic E-state index is 13.8. The molecule has 2 aromatic carbocycles. The lowest BCUT2D eigenvalue weighted by atomic mass is 9.96. The summed E-state index contributed by atoms with van der Waals surface area (Å²) in [6.07, 6.45) is 2.15. The van der Waals surface area contributed by atoms with Crippen LogP contribution < -0.4 is 5.32 Å². The monoisotopic (exact) mass is 380 g/mol. The fourth-order valence-electron chi connectivity index (χ4n) is 3.43. The largest absolute Gasteiger partial charge is 0.478 e. The number of carboxylic acid groups (broad SMARTS) is 1. The molecule has 0 aliphatic carbocycles. The van der Waals surface area contributed by atoms with Crippen molar-refractivity contribution in [1.29, 1.82) is 0 Å². The molecule has 8 heteroatoms. The highest BCUT2D eigenvalue weighted by Gasteiger charge is 2.34. The molecule has 0 saturated heterocycles. The van der Waals surface area contributed by atoms with Crippen LogP contribution in [0.3, 0.4) is 0 Å². The lowest BCUT2D eigenvalue weighted by Crippen LogP contribution is -2.43. The number of aromatic nitrogens is 2. The van der Waals surface area contributed by atoms with Crippen LogP contribution in [0.15, 0.2) is 54.9 Å². The number of nitrogens with zero attached hydrogens (tertiary/aromatic N) is 2. The molecule has 1 aliphatic rings. The van der Waals surface area contributed by atoms with E-state index in [1.807, 2.05) is 0 Å². The van der Waals surface area contributed by atoms with Crippen LogP contribution in [0.25, 0.3) is 0 Å². The average molecular weight is 380 g/mol. The van der Waals surface area contributed by atoms with Gasteiger partial charge in [-0.15, -0.1) is 0 Å². The van der Waals surface area contributed by atoms with E-state index in [-0.39, 0.29) is 5.56 Å². The third-order valence-electron chi connectivity index (χ3n) is 4.71. The molecule has 2 amide bonds. The van der Waals surface area contributed by atoms with Crippen molar-refractivity contribution < 1.29 is 19.1 Å². The topological polar surface area (TPSA) is 98.3 Å². The van der Waals surface area contributed by atoms with Gasteiger partial charge in [0.05, 0.1) is 17.6 Å². The van der Waals surface area contributed by atoms with Crippen LogP contribution in [0.4, 0.5) is 14.9 Å². The van der Waals surface area contributed by atoms with Crippen LogP contribution in [-0.4, -0.2) is 38.5 Å². The Kier molecular flexibility index (Phi) is 4.52. The third-order valence-corrected chi connectivity index (χ3v) is 4.71. The first kappa shape index (κ1) is 17.7. The maximum Gasteiger partial charge on any atom is 0.335 e. The summed E-state index contributed by atoms with van der Waals surface area (Å²) in [5.74, 6) is -1.47. The minimum Gasteiger partial charge on any atom is -0.478 e. The highest BCUT2D eigenvalue weighted by Crippen LogP contribution is 2.34. The van der Waals surface area contributed by atoms with Crippen LogP contribution in [0, 0.1) is 5.82 Å². The molecule has 0 saturated carbocycles. The summed E-state index contributed by atoms with van der Waals surface area (Å²) in [5.41, 5.74) is 2.64. The zero-order valence-electron chi connectivity index (χ0n) is 14.7. The SMILES string of the molecule is O=C(O)c1cccc(NC(=O)N2CCc3[nH]cnc3[C@@H]2c2cccc(F)c2)c1. The van der Waals surface area contributed by atoms with Crippen LogP contribution in [-0.2, 0) is 6.42 Å². The molecule has 0 radical (unpaired) electrons. The fraction of sp³-hybridized carbons (Fsp3) is 0.150. The number of hydrogen-bond acceptors (Lipinski definition) is 3. The van der Waals surface area contributed by atoms with E-state index in [4.69, 9.17) is 5.11 Å². The van der Waals surface area contributed by atoms with Gasteiger partial charge >= 0.3 is 12.0 Å². The second kappa shape index (κ2) is 7.15. The molecule has 2 heterocycles. The molecule has 7 nitrogen and oxygen atoms in total. The highest BCUT2D eigenvalue weighted by molar-refractivity contribution is 5.93. The van der Waals surface area contributed by atoms with E-state index in [1.54, 1.807) is 35.5 Å². The molecule has 1 atom stereocenters. The van der Waals surface area contributed by atoms with Crippen molar-refractivity contribution in [3.05, 3.63) is 83.2 Å². The van der Waals surface area contributed by atoms with E-state index in [0.29, 0.717) is 29.9 Å². The van der Waals surface area contributed by atoms with Gasteiger partial charge in [-0.05, 0) is 35.9 Å². The second-order valence-corrected chi connectivity index (χ2v) is 6.48. The van der Waals surface area contributed by atoms with Gasteiger partial charge in [-0.2, -0.15) is 0 Å². The van der Waals surface area contributed by atoms with Gasteiger partial charge in [0.25, 0.3) is 0 Å². The van der Waals surface area contributed by atoms with Crippen LogP contribution >= 0.6 is 0 Å². The number of rotatable bonds is 3. The van der Waals surface area contributed by atoms with Crippen molar-refractivity contribution in [3.8, 4) is 0 Å². The van der Waals surface area contributed by atoms with E-state index in [9.17, 15) is 14.0 Å². The van der Waals surface area contributed by atoms with Gasteiger partial charge in [0.1, 0.15) is 11.9 Å². The van der Waals surface area contributed by atoms with Gasteiger partial charge in [0.15, 0.2) is 0 Å². The molecule has 0 spiro atoms. The van der Waals surface area contributed by atoms with Crippen molar-refractivity contribution in [2.45, 2.75) is 12.5 Å². The Hall–Kier alpha value is -3.68. The average Bonchev–Trinajstić information content (AvgIpc) is 3.16. The van der Waals surface area contributed by atoms with E-state index in [0.717, 1.165) is 5.69 Å². The van der Waals surface area contributed by atoms with Crippen molar-refractivity contribution in [2.75, 3.05) is 11.9 Å². The first-order chi connectivity index (χ1) is 13.5. The number of fused-ring (bicyclic) bond motifs is 1. The van der Waals surface area contributed by atoms with Crippen molar-refractivity contribution in [2.24, 2.45) is 0 Å². The highest BCUT2D eigenvalue weighted by atomic mass is 19.1. The summed E-state index contributed by atoms with van der Waals surface area (Å²) in [5, 5.41) is 11.9. The van der Waals surface area contributed by atoms with Crippen molar-refractivity contribution in [3.63, 3.8) is 0 Å². The minimum atomic E-state index is -1.08. The number of aromatic carboxylic acids is 1. The van der Waals surface area contributed by atoms with Crippen LogP contribution in [0.2, 0.25) is 0 Å². The van der Waals surface area contributed by atoms with Crippen LogP contribution in [0.1, 0.15) is 33.4 Å². The molecule has 28 heavy (non-hydrogen) atoms. The molecule has 142 valence electrons. The molecule has 0 fully saturated rings. The number of hydrogen-bond donors (Lipinski definition) is 3. The molecule has 3 aromatic rings. The number of benzene rings is 2. The van der Waals surface area contributed by atoms with Crippen molar-refractivity contribution in [1.82, 2.24) is 14.9 Å². The van der Waals surface area contributed by atoms with Gasteiger partial charge in [-0.25, -0.2) is 19.0 Å². The fourth-order valence-corrected chi connectivity index (χ4v) is 3.43. The van der Waals surface area contributed by atoms with Gasteiger partial charge in [0.2, 0.25) is 0 Å². The number of H-pyrrole nitrogens is 1. The predicted octanol–water partition coefficient (Wildman–Crippen LogP) is 3.43. The zero-order chi connectivity index (χ0) is 19.7. The number of carboxylic acids is 1. The first-order valence-corrected chi connectivity index (χ1v) is 8.71. The summed E-state index contributed by atoms with van der Waals surface area (Å²) >= 11 is 0. The molecule has 0 bridgehead atoms. The second-order valence-electron chi connectivity index (χ2n) is 6.48. The summed E-state index contributed by atoms with van der Waals surface area (Å²) < 4.78 is 13.8. The van der Waals surface area contributed by atoms with E-state index in [2.05, 4.69) is 15.3 Å². The maximum atomic E-state index is 13.8. The van der Waals surface area contributed by atoms with E-state index in [1.165, 1.54) is 24.3 Å². The molecule has 1 aliphatic heterocycles. The quantitative estimate of drug-likeness (QED) is 0.648. The normalized spacial score (nSPS) is 15.8. The first-order valence-electron chi connectivity index (χ1n) is 8.71. The number of urea groups is 1. The summed E-state index contributed by atoms with van der Waals surface area (Å²) in [6, 6.07) is 11.1. The van der Waals surface area contributed by atoms with Gasteiger partial charge in [0, 0.05) is 24.3 Å². The summed E-state index contributed by atoms with van der Waals surface area (Å²) in [4.78, 5) is 33.1. The Morgan fingerprint density at radius 3 is 2.82 bits per heavy atom. The van der Waals surface area contributed by atoms with E-state index < -0.39 is 23.9 Å². The molecule has 1 aromatic heterocycles. The predicted molar refractivity (Wildman–Crippen MR) is 99.7 cm³/mol. The van der Waals surface area contributed by atoms with Crippen LogP contribution in [0.5, 0.6) is 0 Å². The smallest absolute Gasteiger partial charge is 0.335 e. The number of anilines is 1. The standard InChI is InChI=1S/C20H17FN4O3/c21-14-5-1-3-12(9-14)18-17-16(22-11-23-17)7-8-25(18)20(28)24-15-6-2-4-13(10-15)19(26)27/h1-6,9-11,18H,7-8H2,(H,22,23)(H,24,28)(H,26,27)/t18-/m0/s1. The lowest BCUT2D eigenvalue weighted by Gasteiger charge is -2.35. The van der Waals surface area contributed by atoms with Gasteiger partial charge < -0.3 is 20.3 Å². The Labute approximate surface area is 159 Å². The molecule has 0 unspecified atom stereocenters. The van der Waals surface area contributed by atoms with Gasteiger partial charge in [-0.3, -0.25) is 0 Å². The molecular weight excluding hydrogens is 363 g/mol. The molecule has 3 N–H and O–H groups in total. The number of imidazole rings is 1. The van der Waals surface area contributed by atoms with E-state index >= 15 is 0 Å².